The minimum absolute atomic E-state index is 1.06. The molecule has 0 atom stereocenters. The fourth-order valence-electron chi connectivity index (χ4n) is 7.89. The molecule has 8 aromatic carbocycles. The van der Waals surface area contributed by atoms with E-state index in [1.54, 1.807) is 0 Å². The Hall–Kier alpha value is -6.16. The molecule has 10 rings (SSSR count). The molecule has 0 aliphatic carbocycles. The lowest BCUT2D eigenvalue weighted by Crippen LogP contribution is -1.95. The maximum absolute atomic E-state index is 3.74. The van der Waals surface area contributed by atoms with E-state index in [9.17, 15) is 0 Å². The van der Waals surface area contributed by atoms with Gasteiger partial charge in [-0.1, -0.05) is 125 Å². The molecule has 2 nitrogen and oxygen atoms in total. The number of aromatic nitrogens is 2. The van der Waals surface area contributed by atoms with Crippen LogP contribution >= 0.6 is 15.9 Å². The van der Waals surface area contributed by atoms with Gasteiger partial charge in [-0.3, -0.25) is 0 Å². The molecular weight excluding hydrogens is 684 g/mol. The van der Waals surface area contributed by atoms with Crippen molar-refractivity contribution >= 4 is 59.5 Å². The first-order valence-corrected chi connectivity index (χ1v) is 18.1. The second-order valence-corrected chi connectivity index (χ2v) is 14.0. The van der Waals surface area contributed by atoms with Crippen molar-refractivity contribution in [3.8, 4) is 44.8 Å². The lowest BCUT2D eigenvalue weighted by molar-refractivity contribution is 1.18. The summed E-state index contributed by atoms with van der Waals surface area (Å²) in [6.45, 7) is 0. The van der Waals surface area contributed by atoms with Gasteiger partial charge in [-0.05, 0) is 107 Å². The summed E-state index contributed by atoms with van der Waals surface area (Å²) < 4.78 is 5.87. The third-order valence-electron chi connectivity index (χ3n) is 10.1. The highest BCUT2D eigenvalue weighted by Crippen LogP contribution is 2.42. The van der Waals surface area contributed by atoms with Crippen molar-refractivity contribution in [1.82, 2.24) is 9.13 Å². The van der Waals surface area contributed by atoms with Gasteiger partial charge in [0.2, 0.25) is 0 Å². The average molecular weight is 716 g/mol. The molecule has 0 aliphatic rings. The quantitative estimate of drug-likeness (QED) is 0.168. The Morgan fingerprint density at radius 1 is 0.314 bits per heavy atom. The highest BCUT2D eigenvalue weighted by Gasteiger charge is 2.18. The third kappa shape index (κ3) is 4.92. The van der Waals surface area contributed by atoms with Crippen LogP contribution in [0.25, 0.3) is 88.4 Å². The van der Waals surface area contributed by atoms with E-state index >= 15 is 0 Å². The Kier molecular flexibility index (Phi) is 7.00. The molecule has 0 radical (unpaired) electrons. The number of hydrogen-bond acceptors (Lipinski definition) is 0. The molecule has 0 saturated carbocycles. The third-order valence-corrected chi connectivity index (χ3v) is 10.6. The van der Waals surface area contributed by atoms with Crippen LogP contribution in [-0.4, -0.2) is 9.13 Å². The molecule has 0 amide bonds. The predicted molar refractivity (Wildman–Crippen MR) is 219 cm³/mol. The highest BCUT2D eigenvalue weighted by molar-refractivity contribution is 9.10. The number of halogens is 1. The molecule has 0 aliphatic heterocycles. The summed E-state index contributed by atoms with van der Waals surface area (Å²) in [6, 6.07) is 68.2. The van der Waals surface area contributed by atoms with Gasteiger partial charge in [0.1, 0.15) is 0 Å². The zero-order valence-electron chi connectivity index (χ0n) is 27.7. The Bertz CT molecular complexity index is 2920. The van der Waals surface area contributed by atoms with E-state index in [4.69, 9.17) is 0 Å². The average Bonchev–Trinajstić information content (AvgIpc) is 3.71. The molecule has 0 unspecified atom stereocenters. The molecule has 0 bridgehead atoms. The number of rotatable bonds is 5. The zero-order valence-corrected chi connectivity index (χ0v) is 29.3. The maximum Gasteiger partial charge on any atom is 0.0619 e. The van der Waals surface area contributed by atoms with Gasteiger partial charge in [0.25, 0.3) is 0 Å². The van der Waals surface area contributed by atoms with Crippen molar-refractivity contribution in [3.63, 3.8) is 0 Å². The van der Waals surface area contributed by atoms with Crippen LogP contribution in [-0.2, 0) is 0 Å². The number of para-hydroxylation sites is 5. The Labute approximate surface area is 304 Å². The summed E-state index contributed by atoms with van der Waals surface area (Å²) in [5, 5.41) is 4.99. The van der Waals surface area contributed by atoms with Crippen LogP contribution < -0.4 is 0 Å². The molecule has 51 heavy (non-hydrogen) atoms. The van der Waals surface area contributed by atoms with E-state index < -0.39 is 0 Å². The summed E-state index contributed by atoms with van der Waals surface area (Å²) in [5.41, 5.74) is 14.2. The summed E-state index contributed by atoms with van der Waals surface area (Å²) in [5.74, 6) is 0. The van der Waals surface area contributed by atoms with Gasteiger partial charge in [0.15, 0.2) is 0 Å². The second-order valence-electron chi connectivity index (χ2n) is 13.1. The minimum atomic E-state index is 1.06. The largest absolute Gasteiger partial charge is 0.309 e. The highest BCUT2D eigenvalue weighted by atomic mass is 79.9. The lowest BCUT2D eigenvalue weighted by Gasteiger charge is -2.15. The van der Waals surface area contributed by atoms with E-state index in [1.165, 1.54) is 77.0 Å². The number of hydrogen-bond donors (Lipinski definition) is 0. The number of nitrogens with zero attached hydrogens (tertiary/aromatic N) is 2. The van der Waals surface area contributed by atoms with E-state index in [2.05, 4.69) is 213 Å². The molecule has 240 valence electrons. The molecule has 0 spiro atoms. The zero-order chi connectivity index (χ0) is 33.9. The van der Waals surface area contributed by atoms with Crippen molar-refractivity contribution in [2.24, 2.45) is 0 Å². The van der Waals surface area contributed by atoms with Crippen LogP contribution in [0.3, 0.4) is 0 Å². The van der Waals surface area contributed by atoms with E-state index in [0.29, 0.717) is 0 Å². The lowest BCUT2D eigenvalue weighted by atomic mass is 9.92. The maximum atomic E-state index is 3.74. The first kappa shape index (κ1) is 29.7. The summed E-state index contributed by atoms with van der Waals surface area (Å²) in [6.07, 6.45) is 0. The summed E-state index contributed by atoms with van der Waals surface area (Å²) in [4.78, 5) is 0. The van der Waals surface area contributed by atoms with E-state index in [-0.39, 0.29) is 0 Å². The molecule has 0 N–H and O–H groups in total. The van der Waals surface area contributed by atoms with Crippen LogP contribution in [0.4, 0.5) is 0 Å². The van der Waals surface area contributed by atoms with Gasteiger partial charge in [0, 0.05) is 43.0 Å². The topological polar surface area (TPSA) is 9.86 Å². The first-order chi connectivity index (χ1) is 25.2. The van der Waals surface area contributed by atoms with Gasteiger partial charge in [-0.25, -0.2) is 0 Å². The van der Waals surface area contributed by atoms with Crippen molar-refractivity contribution in [2.45, 2.75) is 0 Å². The van der Waals surface area contributed by atoms with Crippen LogP contribution in [0.1, 0.15) is 0 Å². The Morgan fingerprint density at radius 2 is 0.843 bits per heavy atom. The second kappa shape index (κ2) is 12.0. The van der Waals surface area contributed by atoms with Crippen LogP contribution in [0.2, 0.25) is 0 Å². The standard InChI is InChI=1S/C48H31BrN2/c49-37-14-11-13-32(30-37)34-27-35(33-25-26-47-44(31-33)42-20-8-9-23-45(42)50(47)38-15-3-1-4-16-38)29-36(28-34)40-21-12-22-43-41-19-7-10-24-46(41)51(48(40)43)39-17-5-2-6-18-39/h1-31H. The van der Waals surface area contributed by atoms with Gasteiger partial charge in [-0.2, -0.15) is 0 Å². The van der Waals surface area contributed by atoms with Gasteiger partial charge < -0.3 is 9.13 Å². The Morgan fingerprint density at radius 3 is 1.55 bits per heavy atom. The molecule has 3 heteroatoms. The van der Waals surface area contributed by atoms with Crippen molar-refractivity contribution in [3.05, 3.63) is 193 Å². The predicted octanol–water partition coefficient (Wildman–Crippen LogP) is 13.6. The fraction of sp³-hybridized carbons (Fsp3) is 0. The minimum Gasteiger partial charge on any atom is -0.309 e. The van der Waals surface area contributed by atoms with E-state index in [0.717, 1.165) is 15.8 Å². The van der Waals surface area contributed by atoms with Gasteiger partial charge in [0.05, 0.1) is 22.1 Å². The molecule has 0 saturated heterocycles. The molecule has 0 fully saturated rings. The van der Waals surface area contributed by atoms with Crippen LogP contribution in [0.15, 0.2) is 193 Å². The smallest absolute Gasteiger partial charge is 0.0619 e. The monoisotopic (exact) mass is 714 g/mol. The summed E-state index contributed by atoms with van der Waals surface area (Å²) >= 11 is 3.74. The van der Waals surface area contributed by atoms with Crippen molar-refractivity contribution in [2.75, 3.05) is 0 Å². The van der Waals surface area contributed by atoms with Crippen LogP contribution in [0, 0.1) is 0 Å². The molecular formula is C48H31BrN2. The van der Waals surface area contributed by atoms with Crippen molar-refractivity contribution in [1.29, 1.82) is 0 Å². The number of benzene rings is 8. The van der Waals surface area contributed by atoms with Gasteiger partial charge >= 0.3 is 0 Å². The fourth-order valence-corrected chi connectivity index (χ4v) is 8.29. The van der Waals surface area contributed by atoms with Gasteiger partial charge in [-0.15, -0.1) is 0 Å². The SMILES string of the molecule is Brc1cccc(-c2cc(-c3ccc4c(c3)c3ccccc3n4-c3ccccc3)cc(-c3cccc4c5ccccc5n(-c5ccccc5)c34)c2)c1. The normalized spacial score (nSPS) is 11.6. The first-order valence-electron chi connectivity index (χ1n) is 17.3. The molecule has 2 heterocycles. The molecule has 10 aromatic rings. The van der Waals surface area contributed by atoms with Crippen LogP contribution in [0.5, 0.6) is 0 Å². The van der Waals surface area contributed by atoms with Crippen molar-refractivity contribution < 1.29 is 0 Å². The summed E-state index contributed by atoms with van der Waals surface area (Å²) in [7, 11) is 0. The Balaban J connectivity index is 1.25. The van der Waals surface area contributed by atoms with E-state index in [1.807, 2.05) is 0 Å². The molecule has 2 aromatic heterocycles. The number of fused-ring (bicyclic) bond motifs is 6.